The molecule has 1 aliphatic rings. The zero-order chi connectivity index (χ0) is 20.4. The van der Waals surface area contributed by atoms with E-state index in [0.29, 0.717) is 10.2 Å². The van der Waals surface area contributed by atoms with Crippen molar-refractivity contribution < 1.29 is 4.79 Å². The quantitative estimate of drug-likeness (QED) is 0.629. The Hall–Kier alpha value is -2.51. The van der Waals surface area contributed by atoms with Crippen molar-refractivity contribution in [3.8, 4) is 0 Å². The number of nitrogens with zero attached hydrogens (tertiary/aromatic N) is 3. The Bertz CT molecular complexity index is 1020. The highest BCUT2D eigenvalue weighted by molar-refractivity contribution is 8.00. The first kappa shape index (κ1) is 19.8. The highest BCUT2D eigenvalue weighted by Gasteiger charge is 2.37. The van der Waals surface area contributed by atoms with Gasteiger partial charge in [0.2, 0.25) is 11.1 Å². The minimum atomic E-state index is -0.414. The van der Waals surface area contributed by atoms with Crippen LogP contribution in [0.4, 0.5) is 5.69 Å². The smallest absolute Gasteiger partial charge is 0.240 e. The molecule has 0 bridgehead atoms. The molecule has 6 nitrogen and oxygen atoms in total. The predicted octanol–water partition coefficient (Wildman–Crippen LogP) is 4.45. The topological polar surface area (TPSA) is 71.8 Å². The van der Waals surface area contributed by atoms with Gasteiger partial charge in [-0.25, -0.2) is 4.68 Å². The summed E-state index contributed by atoms with van der Waals surface area (Å²) in [7, 11) is 0. The summed E-state index contributed by atoms with van der Waals surface area (Å²) in [5.74, 6) is 0.761. The average Bonchev–Trinajstić information content (AvgIpc) is 3.16. The second-order valence-electron chi connectivity index (χ2n) is 6.78. The molecule has 0 radical (unpaired) electrons. The van der Waals surface area contributed by atoms with E-state index >= 15 is 0 Å². The molecule has 0 spiro atoms. The molecule has 2 aromatic carbocycles. The van der Waals surface area contributed by atoms with Crippen molar-refractivity contribution in [1.29, 1.82) is 0 Å². The molecule has 2 atom stereocenters. The zero-order valence-corrected chi connectivity index (χ0v) is 17.8. The molecular formula is C21H22ClN5OS. The molecule has 3 aromatic rings. The SMILES string of the molecule is CCc1ccccc1NC(=O)[C@@H]1Sc2nnc(CC)n2N[C@H]1c1ccc(Cl)cc1. The number of benzene rings is 2. The summed E-state index contributed by atoms with van der Waals surface area (Å²) in [5, 5.41) is 12.5. The molecule has 8 heteroatoms. The van der Waals surface area contributed by atoms with Gasteiger partial charge in [-0.15, -0.1) is 10.2 Å². The van der Waals surface area contributed by atoms with Crippen LogP contribution in [0.2, 0.25) is 5.02 Å². The van der Waals surface area contributed by atoms with E-state index in [9.17, 15) is 4.79 Å². The number of hydrogen-bond donors (Lipinski definition) is 2. The number of anilines is 1. The maximum atomic E-state index is 13.3. The van der Waals surface area contributed by atoms with E-state index < -0.39 is 5.25 Å². The molecule has 150 valence electrons. The fraction of sp³-hybridized carbons (Fsp3) is 0.286. The molecule has 0 aliphatic carbocycles. The standard InChI is InChI=1S/C21H22ClN5OS/c1-3-13-7-5-6-8-16(13)23-20(28)19-18(14-9-11-15(22)12-10-14)26-27-17(4-2)24-25-21(27)29-19/h5-12,18-19,26H,3-4H2,1-2H3,(H,23,28)/t18-,19+/m0/s1. The van der Waals surface area contributed by atoms with Crippen LogP contribution in [0.25, 0.3) is 0 Å². The fourth-order valence-corrected chi connectivity index (χ4v) is 4.63. The van der Waals surface area contributed by atoms with Crippen LogP contribution in [0.1, 0.15) is 36.8 Å². The van der Waals surface area contributed by atoms with Crippen LogP contribution in [0, 0.1) is 0 Å². The maximum Gasteiger partial charge on any atom is 0.240 e. The van der Waals surface area contributed by atoms with Gasteiger partial charge < -0.3 is 10.7 Å². The van der Waals surface area contributed by atoms with Crippen LogP contribution in [-0.2, 0) is 17.6 Å². The summed E-state index contributed by atoms with van der Waals surface area (Å²) in [6.45, 7) is 4.11. The number of para-hydroxylation sites is 1. The third-order valence-electron chi connectivity index (χ3n) is 4.96. The Kier molecular flexibility index (Phi) is 5.78. The molecule has 1 aliphatic heterocycles. The summed E-state index contributed by atoms with van der Waals surface area (Å²) in [5.41, 5.74) is 6.37. The van der Waals surface area contributed by atoms with Gasteiger partial charge in [-0.05, 0) is 35.7 Å². The van der Waals surface area contributed by atoms with Gasteiger partial charge in [-0.1, -0.05) is 67.5 Å². The van der Waals surface area contributed by atoms with Crippen LogP contribution < -0.4 is 10.7 Å². The van der Waals surface area contributed by atoms with Crippen molar-refractivity contribution >= 4 is 35.0 Å². The first-order valence-electron chi connectivity index (χ1n) is 9.62. The number of carbonyl (C=O) groups excluding carboxylic acids is 1. The van der Waals surface area contributed by atoms with Crippen molar-refractivity contribution in [3.05, 3.63) is 70.5 Å². The molecule has 0 unspecified atom stereocenters. The largest absolute Gasteiger partial charge is 0.325 e. The van der Waals surface area contributed by atoms with Crippen molar-refractivity contribution in [2.45, 2.75) is 43.1 Å². The Morgan fingerprint density at radius 2 is 1.90 bits per heavy atom. The Morgan fingerprint density at radius 1 is 1.14 bits per heavy atom. The summed E-state index contributed by atoms with van der Waals surface area (Å²) >= 11 is 7.49. The number of halogens is 1. The number of aromatic nitrogens is 3. The van der Waals surface area contributed by atoms with E-state index in [1.165, 1.54) is 11.8 Å². The first-order valence-corrected chi connectivity index (χ1v) is 10.9. The lowest BCUT2D eigenvalue weighted by atomic mass is 10.0. The Balaban J connectivity index is 1.68. The Morgan fingerprint density at radius 3 is 2.62 bits per heavy atom. The third kappa shape index (κ3) is 3.97. The fourth-order valence-electron chi connectivity index (χ4n) is 3.40. The van der Waals surface area contributed by atoms with Gasteiger partial charge in [-0.2, -0.15) is 0 Å². The summed E-state index contributed by atoms with van der Waals surface area (Å²) in [6.07, 6.45) is 1.59. The third-order valence-corrected chi connectivity index (χ3v) is 6.43. The maximum absolute atomic E-state index is 13.3. The normalized spacial score (nSPS) is 18.0. The second-order valence-corrected chi connectivity index (χ2v) is 8.33. The second kappa shape index (κ2) is 8.47. The van der Waals surface area contributed by atoms with Gasteiger partial charge in [0, 0.05) is 17.1 Å². The van der Waals surface area contributed by atoms with Gasteiger partial charge in [0.25, 0.3) is 0 Å². The number of thioether (sulfide) groups is 1. The average molecular weight is 428 g/mol. The number of nitrogens with one attached hydrogen (secondary N) is 2. The molecule has 2 N–H and O–H groups in total. The monoisotopic (exact) mass is 427 g/mol. The van der Waals surface area contributed by atoms with Gasteiger partial charge in [-0.3, -0.25) is 4.79 Å². The summed E-state index contributed by atoms with van der Waals surface area (Å²) < 4.78 is 1.88. The van der Waals surface area contributed by atoms with Crippen molar-refractivity contribution in [3.63, 3.8) is 0 Å². The lowest BCUT2D eigenvalue weighted by Crippen LogP contribution is -2.41. The minimum absolute atomic E-state index is 0.0735. The van der Waals surface area contributed by atoms with Crippen LogP contribution in [0.5, 0.6) is 0 Å². The van der Waals surface area contributed by atoms with Crippen LogP contribution in [0.3, 0.4) is 0 Å². The number of hydrogen-bond acceptors (Lipinski definition) is 5. The van der Waals surface area contributed by atoms with E-state index in [-0.39, 0.29) is 11.9 Å². The lowest BCUT2D eigenvalue weighted by molar-refractivity contribution is -0.116. The molecule has 0 saturated heterocycles. The van der Waals surface area contributed by atoms with Crippen LogP contribution >= 0.6 is 23.4 Å². The Labute approximate surface area is 179 Å². The van der Waals surface area contributed by atoms with Crippen molar-refractivity contribution in [1.82, 2.24) is 14.9 Å². The zero-order valence-electron chi connectivity index (χ0n) is 16.2. The van der Waals surface area contributed by atoms with Crippen molar-refractivity contribution in [2.75, 3.05) is 10.7 Å². The van der Waals surface area contributed by atoms with Crippen molar-refractivity contribution in [2.24, 2.45) is 0 Å². The molecule has 4 rings (SSSR count). The summed E-state index contributed by atoms with van der Waals surface area (Å²) in [6, 6.07) is 15.2. The number of rotatable bonds is 5. The molecular weight excluding hydrogens is 406 g/mol. The van der Waals surface area contributed by atoms with E-state index in [1.54, 1.807) is 0 Å². The summed E-state index contributed by atoms with van der Waals surface area (Å²) in [4.78, 5) is 13.3. The van der Waals surface area contributed by atoms with E-state index in [2.05, 4.69) is 27.9 Å². The van der Waals surface area contributed by atoms with Gasteiger partial charge in [0.1, 0.15) is 5.25 Å². The van der Waals surface area contributed by atoms with E-state index in [1.807, 2.05) is 60.1 Å². The van der Waals surface area contributed by atoms with Gasteiger partial charge in [0.15, 0.2) is 5.82 Å². The predicted molar refractivity (Wildman–Crippen MR) is 117 cm³/mol. The molecule has 1 amide bonds. The number of amides is 1. The van der Waals surface area contributed by atoms with Gasteiger partial charge in [0.05, 0.1) is 6.04 Å². The van der Waals surface area contributed by atoms with E-state index in [4.69, 9.17) is 11.6 Å². The number of fused-ring (bicyclic) bond motifs is 1. The molecule has 29 heavy (non-hydrogen) atoms. The highest BCUT2D eigenvalue weighted by atomic mass is 35.5. The van der Waals surface area contributed by atoms with Crippen LogP contribution in [-0.4, -0.2) is 26.0 Å². The molecule has 0 saturated carbocycles. The minimum Gasteiger partial charge on any atom is -0.325 e. The highest BCUT2D eigenvalue weighted by Crippen LogP contribution is 2.38. The molecule has 0 fully saturated rings. The lowest BCUT2D eigenvalue weighted by Gasteiger charge is -2.33. The van der Waals surface area contributed by atoms with E-state index in [0.717, 1.165) is 35.5 Å². The van der Waals surface area contributed by atoms with Gasteiger partial charge >= 0.3 is 0 Å². The molecule has 1 aromatic heterocycles. The first-order chi connectivity index (χ1) is 14.1. The molecule has 2 heterocycles. The van der Waals surface area contributed by atoms with Crippen LogP contribution in [0.15, 0.2) is 53.7 Å². The number of aryl methyl sites for hydroxylation is 2. The number of carbonyl (C=O) groups is 1.